The summed E-state index contributed by atoms with van der Waals surface area (Å²) < 4.78 is 24.1. The van der Waals surface area contributed by atoms with Gasteiger partial charge in [0.2, 0.25) is 0 Å². The van der Waals surface area contributed by atoms with E-state index in [2.05, 4.69) is 6.07 Å². The number of rotatable bonds is 8. The molecule has 0 atom stereocenters. The molecule has 0 saturated heterocycles. The average molecular weight is 394 g/mol. The molecule has 0 bridgehead atoms. The molecule has 27 heavy (non-hydrogen) atoms. The van der Waals surface area contributed by atoms with E-state index in [0.29, 0.717) is 12.2 Å². The van der Waals surface area contributed by atoms with Crippen molar-refractivity contribution in [1.29, 1.82) is 0 Å². The van der Waals surface area contributed by atoms with Crippen LogP contribution in [0.15, 0.2) is 24.3 Å². The third-order valence-electron chi connectivity index (χ3n) is 5.78. The number of Topliss-reactive ketones (excluding diaryl/α,β-unsaturated/α-hetero) is 1. The monoisotopic (exact) mass is 393 g/mol. The van der Waals surface area contributed by atoms with Gasteiger partial charge in [0.05, 0.1) is 10.5 Å². The molecule has 152 valence electrons. The largest absolute Gasteiger partial charge is 0.399 e. The summed E-state index contributed by atoms with van der Waals surface area (Å²) in [5.41, 5.74) is 7.80. The van der Waals surface area contributed by atoms with Crippen molar-refractivity contribution in [2.45, 2.75) is 76.9 Å². The zero-order valence-corrected chi connectivity index (χ0v) is 17.9. The summed E-state index contributed by atoms with van der Waals surface area (Å²) >= 11 is 0. The molecule has 0 aliphatic heterocycles. The predicted molar refractivity (Wildman–Crippen MR) is 112 cm³/mol. The van der Waals surface area contributed by atoms with E-state index in [0.717, 1.165) is 50.6 Å². The van der Waals surface area contributed by atoms with Crippen LogP contribution in [0.3, 0.4) is 0 Å². The molecule has 0 heterocycles. The van der Waals surface area contributed by atoms with Crippen LogP contribution in [0.25, 0.3) is 0 Å². The van der Waals surface area contributed by atoms with Crippen LogP contribution in [0.4, 0.5) is 5.69 Å². The standard InChI is InChI=1S/C22H35NO3S/c1-22(2,3)27(25,26)16-18-11-13-19(14-12-18)21(24)10-5-4-7-17-8-6-9-20(23)15-17/h6,8-9,15,18-19H,4-5,7,10-14,16,23H2,1-3H3. The summed E-state index contributed by atoms with van der Waals surface area (Å²) in [6.45, 7) is 5.30. The molecule has 2 rings (SSSR count). The minimum atomic E-state index is -3.08. The van der Waals surface area contributed by atoms with E-state index in [9.17, 15) is 13.2 Å². The fraction of sp³-hybridized carbons (Fsp3) is 0.682. The van der Waals surface area contributed by atoms with Crippen LogP contribution in [0.2, 0.25) is 0 Å². The van der Waals surface area contributed by atoms with Crippen molar-refractivity contribution < 1.29 is 13.2 Å². The number of unbranched alkanes of at least 4 members (excludes halogenated alkanes) is 1. The normalized spacial score (nSPS) is 21.1. The second-order valence-electron chi connectivity index (χ2n) is 9.03. The maximum atomic E-state index is 12.5. The Morgan fingerprint density at radius 1 is 1.11 bits per heavy atom. The van der Waals surface area contributed by atoms with Crippen LogP contribution in [0.5, 0.6) is 0 Å². The van der Waals surface area contributed by atoms with Crippen LogP contribution in [0.1, 0.15) is 71.3 Å². The number of carbonyl (C=O) groups is 1. The van der Waals surface area contributed by atoms with Crippen molar-refractivity contribution in [2.75, 3.05) is 11.5 Å². The van der Waals surface area contributed by atoms with E-state index in [1.165, 1.54) is 5.56 Å². The first kappa shape index (κ1) is 21.9. The van der Waals surface area contributed by atoms with Crippen LogP contribution >= 0.6 is 0 Å². The SMILES string of the molecule is CC(C)(C)S(=O)(=O)CC1CCC(C(=O)CCCCc2cccc(N)c2)CC1. The highest BCUT2D eigenvalue weighted by Crippen LogP contribution is 2.33. The van der Waals surface area contributed by atoms with Crippen LogP contribution in [0, 0.1) is 11.8 Å². The van der Waals surface area contributed by atoms with Crippen molar-refractivity contribution in [3.63, 3.8) is 0 Å². The first-order valence-corrected chi connectivity index (χ1v) is 11.8. The maximum Gasteiger partial charge on any atom is 0.155 e. The second-order valence-corrected chi connectivity index (χ2v) is 11.8. The van der Waals surface area contributed by atoms with Gasteiger partial charge in [-0.1, -0.05) is 12.1 Å². The number of anilines is 1. The lowest BCUT2D eigenvalue weighted by Gasteiger charge is -2.30. The molecule has 4 nitrogen and oxygen atoms in total. The van der Waals surface area contributed by atoms with Gasteiger partial charge in [-0.25, -0.2) is 8.42 Å². The van der Waals surface area contributed by atoms with Crippen LogP contribution in [-0.4, -0.2) is 24.7 Å². The first-order chi connectivity index (χ1) is 12.6. The number of ketones is 1. The Hall–Kier alpha value is -1.36. The number of hydrogen-bond acceptors (Lipinski definition) is 4. The molecule has 1 fully saturated rings. The molecule has 1 aliphatic carbocycles. The lowest BCUT2D eigenvalue weighted by molar-refractivity contribution is -0.124. The van der Waals surface area contributed by atoms with E-state index in [1.807, 2.05) is 18.2 Å². The first-order valence-electron chi connectivity index (χ1n) is 10.2. The summed E-state index contributed by atoms with van der Waals surface area (Å²) in [6, 6.07) is 7.92. The maximum absolute atomic E-state index is 12.5. The Morgan fingerprint density at radius 3 is 2.37 bits per heavy atom. The summed E-state index contributed by atoms with van der Waals surface area (Å²) in [5.74, 6) is 0.963. The highest BCUT2D eigenvalue weighted by Gasteiger charge is 2.34. The zero-order chi connectivity index (χ0) is 20.1. The molecule has 1 aromatic carbocycles. The van der Waals surface area contributed by atoms with Gasteiger partial charge in [-0.05, 0) is 89.3 Å². The fourth-order valence-electron chi connectivity index (χ4n) is 3.79. The van der Waals surface area contributed by atoms with E-state index < -0.39 is 14.6 Å². The quantitative estimate of drug-likeness (QED) is 0.518. The van der Waals surface area contributed by atoms with Gasteiger partial charge < -0.3 is 5.73 Å². The number of carbonyl (C=O) groups excluding carboxylic acids is 1. The van der Waals surface area contributed by atoms with Gasteiger partial charge in [0.25, 0.3) is 0 Å². The number of benzene rings is 1. The van der Waals surface area contributed by atoms with E-state index >= 15 is 0 Å². The Balaban J connectivity index is 1.69. The van der Waals surface area contributed by atoms with Crippen molar-refractivity contribution in [2.24, 2.45) is 11.8 Å². The molecule has 5 heteroatoms. The smallest absolute Gasteiger partial charge is 0.155 e. The Bertz CT molecular complexity index is 726. The lowest BCUT2D eigenvalue weighted by Crippen LogP contribution is -2.35. The van der Waals surface area contributed by atoms with Gasteiger partial charge in [0, 0.05) is 18.0 Å². The summed E-state index contributed by atoms with van der Waals surface area (Å²) in [7, 11) is -3.08. The van der Waals surface area contributed by atoms with Gasteiger partial charge in [-0.15, -0.1) is 0 Å². The molecule has 0 spiro atoms. The number of nitrogen functional groups attached to an aromatic ring is 1. The summed E-state index contributed by atoms with van der Waals surface area (Å²) in [5, 5.41) is 0. The topological polar surface area (TPSA) is 77.2 Å². The van der Waals surface area contributed by atoms with Gasteiger partial charge in [-0.2, -0.15) is 0 Å². The van der Waals surface area contributed by atoms with E-state index in [-0.39, 0.29) is 17.6 Å². The van der Waals surface area contributed by atoms with Crippen molar-refractivity contribution >= 4 is 21.3 Å². The molecular weight excluding hydrogens is 358 g/mol. The van der Waals surface area contributed by atoms with Crippen LogP contribution in [-0.2, 0) is 21.1 Å². The Morgan fingerprint density at radius 2 is 1.78 bits per heavy atom. The van der Waals surface area contributed by atoms with Crippen molar-refractivity contribution in [3.8, 4) is 0 Å². The number of aryl methyl sites for hydroxylation is 1. The van der Waals surface area contributed by atoms with Crippen molar-refractivity contribution in [1.82, 2.24) is 0 Å². The third kappa shape index (κ3) is 6.63. The number of hydrogen-bond donors (Lipinski definition) is 1. The molecule has 0 radical (unpaired) electrons. The molecule has 0 amide bonds. The van der Waals surface area contributed by atoms with Crippen molar-refractivity contribution in [3.05, 3.63) is 29.8 Å². The minimum Gasteiger partial charge on any atom is -0.399 e. The zero-order valence-electron chi connectivity index (χ0n) is 17.0. The van der Waals surface area contributed by atoms with Crippen LogP contribution < -0.4 is 5.73 Å². The molecule has 1 saturated carbocycles. The Labute approximate surface area is 164 Å². The van der Waals surface area contributed by atoms with Gasteiger partial charge in [0.1, 0.15) is 5.78 Å². The predicted octanol–water partition coefficient (Wildman–Crippen LogP) is 4.57. The molecule has 0 unspecified atom stereocenters. The van der Waals surface area contributed by atoms with Gasteiger partial charge in [-0.3, -0.25) is 4.79 Å². The minimum absolute atomic E-state index is 0.131. The Kier molecular flexibility index (Phi) is 7.49. The highest BCUT2D eigenvalue weighted by molar-refractivity contribution is 7.92. The fourth-order valence-corrected chi connectivity index (χ4v) is 5.25. The highest BCUT2D eigenvalue weighted by atomic mass is 32.2. The lowest BCUT2D eigenvalue weighted by atomic mass is 9.80. The third-order valence-corrected chi connectivity index (χ3v) is 8.56. The summed E-state index contributed by atoms with van der Waals surface area (Å²) in [4.78, 5) is 12.5. The number of nitrogens with two attached hydrogens (primary N) is 1. The molecular formula is C22H35NO3S. The second kappa shape index (κ2) is 9.22. The molecule has 1 aliphatic rings. The average Bonchev–Trinajstić information content (AvgIpc) is 2.58. The van der Waals surface area contributed by atoms with E-state index in [1.54, 1.807) is 20.8 Å². The van der Waals surface area contributed by atoms with E-state index in [4.69, 9.17) is 5.73 Å². The summed E-state index contributed by atoms with van der Waals surface area (Å²) in [6.07, 6.45) is 6.90. The molecule has 1 aromatic rings. The number of sulfone groups is 1. The van der Waals surface area contributed by atoms with Gasteiger partial charge >= 0.3 is 0 Å². The molecule has 0 aromatic heterocycles. The molecule has 2 N–H and O–H groups in total. The van der Waals surface area contributed by atoms with Gasteiger partial charge in [0.15, 0.2) is 9.84 Å².